The van der Waals surface area contributed by atoms with Crippen molar-refractivity contribution < 1.29 is 4.79 Å². The molecule has 1 saturated heterocycles. The quantitative estimate of drug-likeness (QED) is 0.527. The third-order valence-electron chi connectivity index (χ3n) is 6.36. The molecule has 0 spiro atoms. The van der Waals surface area contributed by atoms with E-state index in [1.807, 2.05) is 17.4 Å². The zero-order chi connectivity index (χ0) is 22.8. The zero-order valence-electron chi connectivity index (χ0n) is 19.7. The van der Waals surface area contributed by atoms with Crippen molar-refractivity contribution in [3.05, 3.63) is 33.2 Å². The summed E-state index contributed by atoms with van der Waals surface area (Å²) in [6, 6.07) is 4.09. The molecule has 0 bridgehead atoms. The van der Waals surface area contributed by atoms with E-state index in [-0.39, 0.29) is 18.0 Å². The van der Waals surface area contributed by atoms with Crippen molar-refractivity contribution in [2.45, 2.75) is 59.9 Å². The Bertz CT molecular complexity index is 1150. The first-order chi connectivity index (χ1) is 15.4. The molecule has 1 fully saturated rings. The first-order valence-electron chi connectivity index (χ1n) is 11.9. The van der Waals surface area contributed by atoms with Gasteiger partial charge in [-0.05, 0) is 49.8 Å². The van der Waals surface area contributed by atoms with Crippen LogP contribution in [0.5, 0.6) is 0 Å². The molecule has 1 aliphatic heterocycles. The highest BCUT2D eigenvalue weighted by Crippen LogP contribution is 2.29. The molecule has 174 valence electrons. The number of amides is 1. The summed E-state index contributed by atoms with van der Waals surface area (Å²) in [5.74, 6) is 2.13. The molecule has 1 N–H and O–H groups in total. The average Bonchev–Trinajstić information content (AvgIpc) is 3.31. The minimum atomic E-state index is -0.213. The summed E-state index contributed by atoms with van der Waals surface area (Å²) >= 11 is 1.72. The highest BCUT2D eigenvalue weighted by atomic mass is 32.1. The van der Waals surface area contributed by atoms with Gasteiger partial charge in [-0.3, -0.25) is 14.0 Å². The number of carbonyl (C=O) groups is 1. The van der Waals surface area contributed by atoms with E-state index in [4.69, 9.17) is 0 Å². The number of aromatic nitrogens is 3. The molecule has 1 amide bonds. The van der Waals surface area contributed by atoms with Gasteiger partial charge in [0.1, 0.15) is 17.9 Å². The van der Waals surface area contributed by atoms with Crippen LogP contribution in [0.3, 0.4) is 0 Å². The van der Waals surface area contributed by atoms with Crippen LogP contribution in [0.1, 0.15) is 51.2 Å². The number of hydrogen-bond donors (Lipinski definition) is 1. The number of nitrogens with zero attached hydrogens (tertiary/aromatic N) is 4. The second-order valence-corrected chi connectivity index (χ2v) is 10.5. The molecule has 4 rings (SSSR count). The Kier molecular flexibility index (Phi) is 7.00. The number of thiophene rings is 1. The monoisotopic (exact) mass is 457 g/mol. The second kappa shape index (κ2) is 9.75. The Hall–Kier alpha value is -2.19. The lowest BCUT2D eigenvalue weighted by atomic mass is 9.92. The first-order valence-corrected chi connectivity index (χ1v) is 12.7. The smallest absolute Gasteiger partial charge is 0.291 e. The van der Waals surface area contributed by atoms with Crippen LogP contribution in [-0.2, 0) is 24.2 Å². The Morgan fingerprint density at radius 2 is 1.91 bits per heavy atom. The Balaban J connectivity index is 1.40. The molecular weight excluding hydrogens is 422 g/mol. The van der Waals surface area contributed by atoms with Gasteiger partial charge in [0.25, 0.3) is 5.56 Å². The molecule has 3 aromatic rings. The molecule has 0 unspecified atom stereocenters. The third-order valence-corrected chi connectivity index (χ3v) is 7.58. The topological polar surface area (TPSA) is 71.6 Å². The van der Waals surface area contributed by atoms with Crippen molar-refractivity contribution in [1.29, 1.82) is 0 Å². The van der Waals surface area contributed by atoms with Crippen LogP contribution < -0.4 is 10.9 Å². The van der Waals surface area contributed by atoms with Crippen LogP contribution in [0, 0.1) is 11.8 Å². The summed E-state index contributed by atoms with van der Waals surface area (Å²) in [5, 5.41) is 7.51. The molecule has 4 heterocycles. The highest BCUT2D eigenvalue weighted by molar-refractivity contribution is 7.19. The Morgan fingerprint density at radius 3 is 2.59 bits per heavy atom. The fourth-order valence-corrected chi connectivity index (χ4v) is 6.07. The molecule has 0 aliphatic carbocycles. The largest absolute Gasteiger partial charge is 0.354 e. The van der Waals surface area contributed by atoms with Crippen molar-refractivity contribution in [1.82, 2.24) is 24.4 Å². The molecule has 0 aromatic carbocycles. The third kappa shape index (κ3) is 4.76. The van der Waals surface area contributed by atoms with Crippen molar-refractivity contribution in [3.8, 4) is 0 Å². The summed E-state index contributed by atoms with van der Waals surface area (Å²) in [6.07, 6.45) is 3.88. The van der Waals surface area contributed by atoms with Crippen LogP contribution in [0.4, 0.5) is 0 Å². The summed E-state index contributed by atoms with van der Waals surface area (Å²) in [7, 11) is 0. The fraction of sp³-hybridized carbons (Fsp3) is 0.625. The molecule has 0 saturated carbocycles. The van der Waals surface area contributed by atoms with Gasteiger partial charge in [0.15, 0.2) is 0 Å². The van der Waals surface area contributed by atoms with Gasteiger partial charge in [-0.1, -0.05) is 27.7 Å². The maximum absolute atomic E-state index is 13.0. The normalized spacial score (nSPS) is 19.8. The molecule has 0 radical (unpaired) electrons. The number of rotatable bonds is 8. The second-order valence-electron chi connectivity index (χ2n) is 9.32. The maximum atomic E-state index is 13.0. The standard InChI is InChI=1S/C24H35N5O2S/c1-5-18-11-19-21(32-18)12-20-24(31)28(26-22(6-2)29(19)20)15-23(30)25-8-7-9-27-13-16(3)10-17(4)14-27/h11-12,16-17H,5-10,13-15H2,1-4H3,(H,25,30)/t16-,17-/m0/s1. The van der Waals surface area contributed by atoms with E-state index in [2.05, 4.69) is 42.2 Å². The average molecular weight is 458 g/mol. The van der Waals surface area contributed by atoms with E-state index in [1.165, 1.54) is 16.0 Å². The summed E-state index contributed by atoms with van der Waals surface area (Å²) in [5.41, 5.74) is 1.43. The van der Waals surface area contributed by atoms with Gasteiger partial charge in [0, 0.05) is 30.9 Å². The van der Waals surface area contributed by atoms with Gasteiger partial charge in [0.2, 0.25) is 5.91 Å². The van der Waals surface area contributed by atoms with Crippen LogP contribution in [0.15, 0.2) is 16.9 Å². The van der Waals surface area contributed by atoms with Crippen molar-refractivity contribution in [2.24, 2.45) is 11.8 Å². The van der Waals surface area contributed by atoms with Gasteiger partial charge >= 0.3 is 0 Å². The van der Waals surface area contributed by atoms with Crippen LogP contribution >= 0.6 is 11.3 Å². The zero-order valence-corrected chi connectivity index (χ0v) is 20.5. The van der Waals surface area contributed by atoms with Gasteiger partial charge < -0.3 is 10.2 Å². The lowest BCUT2D eigenvalue weighted by Crippen LogP contribution is -2.40. The van der Waals surface area contributed by atoms with Crippen molar-refractivity contribution in [2.75, 3.05) is 26.2 Å². The molecule has 1 aliphatic rings. The van der Waals surface area contributed by atoms with E-state index in [9.17, 15) is 9.59 Å². The maximum Gasteiger partial charge on any atom is 0.291 e. The SMILES string of the molecule is CCc1cc2c(cc3c(=O)n(CC(=O)NCCCN4C[C@@H](C)C[C@H](C)C4)nc(CC)n32)s1. The Morgan fingerprint density at radius 1 is 1.16 bits per heavy atom. The van der Waals surface area contributed by atoms with Gasteiger partial charge in [0.05, 0.1) is 10.2 Å². The number of aryl methyl sites for hydroxylation is 2. The Labute approximate surface area is 193 Å². The number of likely N-dealkylation sites (tertiary alicyclic amines) is 1. The lowest BCUT2D eigenvalue weighted by molar-refractivity contribution is -0.121. The van der Waals surface area contributed by atoms with Gasteiger partial charge in [-0.2, -0.15) is 5.10 Å². The number of nitrogens with one attached hydrogen (secondary N) is 1. The minimum Gasteiger partial charge on any atom is -0.354 e. The molecule has 7 nitrogen and oxygen atoms in total. The van der Waals surface area contributed by atoms with Gasteiger partial charge in [-0.25, -0.2) is 4.68 Å². The number of hydrogen-bond acceptors (Lipinski definition) is 5. The van der Waals surface area contributed by atoms with Crippen LogP contribution in [0.2, 0.25) is 0 Å². The molecule has 32 heavy (non-hydrogen) atoms. The minimum absolute atomic E-state index is 0.0425. The summed E-state index contributed by atoms with van der Waals surface area (Å²) < 4.78 is 4.38. The van der Waals surface area contributed by atoms with E-state index in [1.54, 1.807) is 11.3 Å². The van der Waals surface area contributed by atoms with Crippen molar-refractivity contribution in [3.63, 3.8) is 0 Å². The van der Waals surface area contributed by atoms with Crippen LogP contribution in [0.25, 0.3) is 15.7 Å². The fourth-order valence-electron chi connectivity index (χ4n) is 5.05. The van der Waals surface area contributed by atoms with E-state index in [0.717, 1.165) is 60.4 Å². The van der Waals surface area contributed by atoms with E-state index < -0.39 is 0 Å². The summed E-state index contributed by atoms with van der Waals surface area (Å²) in [4.78, 5) is 29.4. The summed E-state index contributed by atoms with van der Waals surface area (Å²) in [6.45, 7) is 12.7. The molecular formula is C24H35N5O2S. The number of piperidine rings is 1. The van der Waals surface area contributed by atoms with E-state index >= 15 is 0 Å². The van der Waals surface area contributed by atoms with Crippen LogP contribution in [-0.4, -0.2) is 51.2 Å². The predicted octanol–water partition coefficient (Wildman–Crippen LogP) is 3.32. The molecule has 3 aromatic heterocycles. The van der Waals surface area contributed by atoms with Gasteiger partial charge in [-0.15, -0.1) is 11.3 Å². The van der Waals surface area contributed by atoms with E-state index in [0.29, 0.717) is 18.5 Å². The van der Waals surface area contributed by atoms with Crippen molar-refractivity contribution >= 4 is 33.0 Å². The first kappa shape index (κ1) is 23.0. The number of carbonyl (C=O) groups excluding carboxylic acids is 1. The molecule has 8 heteroatoms. The lowest BCUT2D eigenvalue weighted by Gasteiger charge is -2.34. The number of fused-ring (bicyclic) bond motifs is 3. The highest BCUT2D eigenvalue weighted by Gasteiger charge is 2.21. The molecule has 2 atom stereocenters. The predicted molar refractivity (Wildman–Crippen MR) is 131 cm³/mol.